The van der Waals surface area contributed by atoms with Gasteiger partial charge < -0.3 is 10.1 Å². The molecular formula is C26H31Cl2NO. The first-order valence-electron chi connectivity index (χ1n) is 11.2. The molecule has 0 amide bonds. The molecule has 4 aliphatic rings. The Labute approximate surface area is 190 Å². The number of hydrogen-bond acceptors (Lipinski definition) is 2. The molecule has 2 unspecified atom stereocenters. The van der Waals surface area contributed by atoms with Crippen LogP contribution in [0.3, 0.4) is 0 Å². The Hall–Kier alpha value is -1.22. The smallest absolute Gasteiger partial charge is 0.119 e. The van der Waals surface area contributed by atoms with Crippen molar-refractivity contribution in [2.45, 2.75) is 71.1 Å². The lowest BCUT2D eigenvalue weighted by Gasteiger charge is -2.65. The molecular weight excluding hydrogens is 413 g/mol. The van der Waals surface area contributed by atoms with Crippen LogP contribution in [0.2, 0.25) is 10.0 Å². The van der Waals surface area contributed by atoms with Crippen molar-refractivity contribution >= 4 is 23.2 Å². The van der Waals surface area contributed by atoms with Gasteiger partial charge in [0, 0.05) is 27.7 Å². The fraction of sp³-hybridized carbons (Fsp3) is 0.538. The molecule has 0 radical (unpaired) electrons. The zero-order valence-electron chi connectivity index (χ0n) is 17.9. The molecule has 2 atom stereocenters. The van der Waals surface area contributed by atoms with Gasteiger partial charge >= 0.3 is 0 Å². The van der Waals surface area contributed by atoms with Gasteiger partial charge in [0.25, 0.3) is 0 Å². The summed E-state index contributed by atoms with van der Waals surface area (Å²) in [5, 5.41) is 5.29. The summed E-state index contributed by atoms with van der Waals surface area (Å²) in [5.74, 6) is 1.75. The van der Waals surface area contributed by atoms with E-state index in [1.54, 1.807) is 0 Å². The quantitative estimate of drug-likeness (QED) is 0.501. The third kappa shape index (κ3) is 3.99. The van der Waals surface area contributed by atoms with Crippen LogP contribution in [-0.2, 0) is 13.2 Å². The maximum atomic E-state index is 6.24. The molecule has 2 aromatic carbocycles. The van der Waals surface area contributed by atoms with Gasteiger partial charge in [-0.15, -0.1) is 0 Å². The Morgan fingerprint density at radius 2 is 1.53 bits per heavy atom. The predicted molar refractivity (Wildman–Crippen MR) is 124 cm³/mol. The minimum atomic E-state index is 0.332. The molecule has 0 aromatic heterocycles. The molecule has 0 spiro atoms. The molecule has 2 nitrogen and oxygen atoms in total. The van der Waals surface area contributed by atoms with Gasteiger partial charge in [-0.05, 0) is 85.1 Å². The van der Waals surface area contributed by atoms with E-state index in [1.165, 1.54) is 44.1 Å². The van der Waals surface area contributed by atoms with E-state index in [0.29, 0.717) is 33.0 Å². The molecule has 0 saturated heterocycles. The standard InChI is InChI=1S/C26H31Cl2NO/c1-24-10-19-11-25(2,15-24)17-26(12-19,16-24)29-13-18-6-8-20(9-7-18)30-14-21-22(27)4-3-5-23(21)28/h3-9,19,29H,10-17H2,1-2H3. The number of rotatable bonds is 6. The van der Waals surface area contributed by atoms with E-state index in [0.717, 1.165) is 23.8 Å². The number of halogens is 2. The summed E-state index contributed by atoms with van der Waals surface area (Å²) in [6.07, 6.45) is 8.33. The van der Waals surface area contributed by atoms with Gasteiger partial charge in [0.05, 0.1) is 0 Å². The van der Waals surface area contributed by atoms with Crippen LogP contribution >= 0.6 is 23.2 Å². The Morgan fingerprint density at radius 3 is 2.13 bits per heavy atom. The lowest BCUT2D eigenvalue weighted by molar-refractivity contribution is -0.118. The van der Waals surface area contributed by atoms with Crippen molar-refractivity contribution in [3.63, 3.8) is 0 Å². The summed E-state index contributed by atoms with van der Waals surface area (Å²) >= 11 is 12.5. The molecule has 160 valence electrons. The third-order valence-corrected chi connectivity index (χ3v) is 8.37. The SMILES string of the molecule is CC12CC3CC(C)(C1)CC(NCc1ccc(OCc4c(Cl)cccc4Cl)cc1)(C3)C2. The summed E-state index contributed by atoms with van der Waals surface area (Å²) in [5.41, 5.74) is 3.55. The van der Waals surface area contributed by atoms with E-state index in [1.807, 2.05) is 30.3 Å². The van der Waals surface area contributed by atoms with E-state index >= 15 is 0 Å². The summed E-state index contributed by atoms with van der Waals surface area (Å²) in [6, 6.07) is 14.0. The van der Waals surface area contributed by atoms with Gasteiger partial charge in [-0.2, -0.15) is 0 Å². The van der Waals surface area contributed by atoms with Crippen LogP contribution < -0.4 is 10.1 Å². The molecule has 30 heavy (non-hydrogen) atoms. The van der Waals surface area contributed by atoms with Crippen molar-refractivity contribution in [2.75, 3.05) is 0 Å². The van der Waals surface area contributed by atoms with Crippen molar-refractivity contribution < 1.29 is 4.74 Å². The average Bonchev–Trinajstić information content (AvgIpc) is 2.64. The van der Waals surface area contributed by atoms with Crippen LogP contribution in [0.15, 0.2) is 42.5 Å². The highest BCUT2D eigenvalue weighted by atomic mass is 35.5. The molecule has 0 heterocycles. The predicted octanol–water partition coefficient (Wildman–Crippen LogP) is 7.41. The molecule has 2 aromatic rings. The minimum Gasteiger partial charge on any atom is -0.489 e. The number of hydrogen-bond donors (Lipinski definition) is 1. The van der Waals surface area contributed by atoms with Gasteiger partial charge in [-0.25, -0.2) is 0 Å². The van der Waals surface area contributed by atoms with E-state index in [4.69, 9.17) is 27.9 Å². The molecule has 0 aliphatic heterocycles. The molecule has 4 saturated carbocycles. The van der Waals surface area contributed by atoms with Gasteiger partial charge in [0.1, 0.15) is 12.4 Å². The lowest BCUT2D eigenvalue weighted by atomic mass is 9.43. The van der Waals surface area contributed by atoms with Gasteiger partial charge in [0.2, 0.25) is 0 Å². The maximum Gasteiger partial charge on any atom is 0.119 e. The monoisotopic (exact) mass is 443 g/mol. The second-order valence-electron chi connectivity index (χ2n) is 10.9. The van der Waals surface area contributed by atoms with Crippen LogP contribution in [-0.4, -0.2) is 5.54 Å². The highest BCUT2D eigenvalue weighted by Gasteiger charge is 2.59. The lowest BCUT2D eigenvalue weighted by Crippen LogP contribution is -2.63. The summed E-state index contributed by atoms with van der Waals surface area (Å²) in [7, 11) is 0. The molecule has 4 fully saturated rings. The Kier molecular flexibility index (Phi) is 5.12. The van der Waals surface area contributed by atoms with Gasteiger partial charge in [0.15, 0.2) is 0 Å². The Balaban J connectivity index is 1.21. The van der Waals surface area contributed by atoms with Crippen LogP contribution in [0.25, 0.3) is 0 Å². The highest BCUT2D eigenvalue weighted by Crippen LogP contribution is 2.66. The first-order chi connectivity index (χ1) is 14.3. The van der Waals surface area contributed by atoms with E-state index in [2.05, 4.69) is 31.3 Å². The summed E-state index contributed by atoms with van der Waals surface area (Å²) < 4.78 is 5.92. The zero-order valence-corrected chi connectivity index (χ0v) is 19.5. The molecule has 1 N–H and O–H groups in total. The second kappa shape index (κ2) is 7.43. The second-order valence-corrected chi connectivity index (χ2v) is 11.7. The van der Waals surface area contributed by atoms with Crippen LogP contribution in [0.1, 0.15) is 63.5 Å². The van der Waals surface area contributed by atoms with E-state index < -0.39 is 0 Å². The van der Waals surface area contributed by atoms with Gasteiger partial charge in [-0.1, -0.05) is 55.2 Å². The first-order valence-corrected chi connectivity index (χ1v) is 11.9. The van der Waals surface area contributed by atoms with Crippen molar-refractivity contribution in [1.82, 2.24) is 5.32 Å². The largest absolute Gasteiger partial charge is 0.489 e. The normalized spacial score (nSPS) is 34.3. The van der Waals surface area contributed by atoms with Crippen LogP contribution in [0.4, 0.5) is 0 Å². The number of ether oxygens (including phenoxy) is 1. The van der Waals surface area contributed by atoms with Crippen LogP contribution in [0, 0.1) is 16.7 Å². The third-order valence-electron chi connectivity index (χ3n) is 7.66. The number of benzene rings is 2. The van der Waals surface area contributed by atoms with Crippen molar-refractivity contribution in [3.8, 4) is 5.75 Å². The molecule has 4 aliphatic carbocycles. The first kappa shape index (κ1) is 20.7. The summed E-state index contributed by atoms with van der Waals surface area (Å²) in [6.45, 7) is 6.36. The van der Waals surface area contributed by atoms with Crippen molar-refractivity contribution in [1.29, 1.82) is 0 Å². The maximum absolute atomic E-state index is 6.24. The van der Waals surface area contributed by atoms with E-state index in [-0.39, 0.29) is 0 Å². The average molecular weight is 444 g/mol. The summed E-state index contributed by atoms with van der Waals surface area (Å²) in [4.78, 5) is 0. The van der Waals surface area contributed by atoms with E-state index in [9.17, 15) is 0 Å². The van der Waals surface area contributed by atoms with Crippen LogP contribution in [0.5, 0.6) is 5.75 Å². The molecule has 4 bridgehead atoms. The number of nitrogens with one attached hydrogen (secondary N) is 1. The Bertz CT molecular complexity index is 902. The van der Waals surface area contributed by atoms with Crippen molar-refractivity contribution in [3.05, 3.63) is 63.6 Å². The fourth-order valence-electron chi connectivity index (χ4n) is 7.46. The topological polar surface area (TPSA) is 21.3 Å². The Morgan fingerprint density at radius 1 is 0.900 bits per heavy atom. The highest BCUT2D eigenvalue weighted by molar-refractivity contribution is 6.35. The zero-order chi connectivity index (χ0) is 21.0. The fourth-order valence-corrected chi connectivity index (χ4v) is 7.97. The molecule has 4 heteroatoms. The minimum absolute atomic E-state index is 0.332. The van der Waals surface area contributed by atoms with Crippen molar-refractivity contribution in [2.24, 2.45) is 16.7 Å². The van der Waals surface area contributed by atoms with Gasteiger partial charge in [-0.3, -0.25) is 0 Å². The molecule has 6 rings (SSSR count).